The monoisotopic (exact) mass is 316 g/mol. The molecule has 0 saturated carbocycles. The standard InChI is InChI=1S/C16H20N4O3/c1-10(2)14-18-15(23-19-14)13-6-4-8-20(13)9-12-11(16(21)22)5-3-7-17-12/h3,5,7,10,13H,4,6,8-9H2,1-2H3,(H,21,22). The Morgan fingerprint density at radius 3 is 3.04 bits per heavy atom. The summed E-state index contributed by atoms with van der Waals surface area (Å²) in [6.45, 7) is 5.37. The minimum atomic E-state index is -0.955. The quantitative estimate of drug-likeness (QED) is 0.906. The average Bonchev–Trinajstić information content (AvgIpc) is 3.16. The van der Waals surface area contributed by atoms with Gasteiger partial charge in [-0.1, -0.05) is 19.0 Å². The highest BCUT2D eigenvalue weighted by Crippen LogP contribution is 2.32. The summed E-state index contributed by atoms with van der Waals surface area (Å²) in [6, 6.07) is 3.25. The third-order valence-electron chi connectivity index (χ3n) is 4.10. The first-order valence-electron chi connectivity index (χ1n) is 7.81. The predicted molar refractivity (Wildman–Crippen MR) is 82.0 cm³/mol. The van der Waals surface area contributed by atoms with Crippen LogP contribution in [0.3, 0.4) is 0 Å². The van der Waals surface area contributed by atoms with Crippen molar-refractivity contribution in [2.45, 2.75) is 45.2 Å². The van der Waals surface area contributed by atoms with Gasteiger partial charge in [0.05, 0.1) is 17.3 Å². The van der Waals surface area contributed by atoms with E-state index in [1.807, 2.05) is 13.8 Å². The molecule has 3 heterocycles. The van der Waals surface area contributed by atoms with Gasteiger partial charge in [-0.05, 0) is 31.5 Å². The molecule has 1 saturated heterocycles. The van der Waals surface area contributed by atoms with Crippen LogP contribution in [0, 0.1) is 0 Å². The Balaban J connectivity index is 1.81. The maximum absolute atomic E-state index is 11.3. The first-order chi connectivity index (χ1) is 11.1. The van der Waals surface area contributed by atoms with Crippen LogP contribution in [0.2, 0.25) is 0 Å². The molecule has 1 aliphatic rings. The zero-order valence-corrected chi connectivity index (χ0v) is 13.3. The zero-order valence-electron chi connectivity index (χ0n) is 13.3. The van der Waals surface area contributed by atoms with Crippen LogP contribution in [-0.2, 0) is 6.54 Å². The number of carboxylic acid groups (broad SMARTS) is 1. The molecule has 1 aliphatic heterocycles. The summed E-state index contributed by atoms with van der Waals surface area (Å²) in [6.07, 6.45) is 3.56. The van der Waals surface area contributed by atoms with Crippen LogP contribution in [0.15, 0.2) is 22.9 Å². The van der Waals surface area contributed by atoms with Crippen molar-refractivity contribution in [3.05, 3.63) is 41.3 Å². The van der Waals surface area contributed by atoms with E-state index in [4.69, 9.17) is 4.52 Å². The molecule has 0 spiro atoms. The Morgan fingerprint density at radius 1 is 1.52 bits per heavy atom. The number of aromatic nitrogens is 3. The number of aromatic carboxylic acids is 1. The Hall–Kier alpha value is -2.28. The number of pyridine rings is 1. The fraction of sp³-hybridized carbons (Fsp3) is 0.500. The van der Waals surface area contributed by atoms with Crippen molar-refractivity contribution in [2.75, 3.05) is 6.54 Å². The molecule has 0 aromatic carbocycles. The second-order valence-corrected chi connectivity index (χ2v) is 6.08. The van der Waals surface area contributed by atoms with Crippen LogP contribution in [-0.4, -0.2) is 37.6 Å². The van der Waals surface area contributed by atoms with Crippen molar-refractivity contribution in [1.29, 1.82) is 0 Å². The molecule has 23 heavy (non-hydrogen) atoms. The lowest BCUT2D eigenvalue weighted by atomic mass is 10.1. The number of rotatable bonds is 5. The first kappa shape index (κ1) is 15.6. The molecule has 7 heteroatoms. The number of carboxylic acids is 1. The van der Waals surface area contributed by atoms with Crippen LogP contribution in [0.25, 0.3) is 0 Å². The van der Waals surface area contributed by atoms with E-state index >= 15 is 0 Å². The van der Waals surface area contributed by atoms with Crippen molar-refractivity contribution in [3.8, 4) is 0 Å². The van der Waals surface area contributed by atoms with Gasteiger partial charge in [0.2, 0.25) is 5.89 Å². The third-order valence-corrected chi connectivity index (χ3v) is 4.10. The van der Waals surface area contributed by atoms with Crippen molar-refractivity contribution in [2.24, 2.45) is 0 Å². The van der Waals surface area contributed by atoms with Gasteiger partial charge in [0.25, 0.3) is 0 Å². The SMILES string of the molecule is CC(C)c1noc(C2CCCN2Cc2ncccc2C(=O)O)n1. The van der Waals surface area contributed by atoms with Crippen molar-refractivity contribution < 1.29 is 14.4 Å². The summed E-state index contributed by atoms with van der Waals surface area (Å²) in [4.78, 5) is 22.2. The summed E-state index contributed by atoms with van der Waals surface area (Å²) in [5.74, 6) is 0.579. The molecule has 0 bridgehead atoms. The van der Waals surface area contributed by atoms with Crippen molar-refractivity contribution in [3.63, 3.8) is 0 Å². The van der Waals surface area contributed by atoms with Gasteiger partial charge in [-0.15, -0.1) is 0 Å². The van der Waals surface area contributed by atoms with E-state index < -0.39 is 5.97 Å². The maximum atomic E-state index is 11.3. The summed E-state index contributed by atoms with van der Waals surface area (Å²) in [5.41, 5.74) is 0.807. The van der Waals surface area contributed by atoms with Crippen LogP contribution >= 0.6 is 0 Å². The van der Waals surface area contributed by atoms with Crippen LogP contribution < -0.4 is 0 Å². The summed E-state index contributed by atoms with van der Waals surface area (Å²) >= 11 is 0. The van der Waals surface area contributed by atoms with Gasteiger partial charge in [0, 0.05) is 18.7 Å². The van der Waals surface area contributed by atoms with Gasteiger partial charge in [-0.2, -0.15) is 4.98 Å². The third kappa shape index (κ3) is 3.24. The van der Waals surface area contributed by atoms with E-state index in [0.29, 0.717) is 24.0 Å². The molecule has 1 N–H and O–H groups in total. The van der Waals surface area contributed by atoms with Crippen LogP contribution in [0.1, 0.15) is 66.4 Å². The summed E-state index contributed by atoms with van der Waals surface area (Å²) in [7, 11) is 0. The lowest BCUT2D eigenvalue weighted by Crippen LogP contribution is -2.25. The maximum Gasteiger partial charge on any atom is 0.337 e. The minimum Gasteiger partial charge on any atom is -0.478 e. The van der Waals surface area contributed by atoms with Crippen molar-refractivity contribution in [1.82, 2.24) is 20.0 Å². The fourth-order valence-electron chi connectivity index (χ4n) is 2.86. The van der Waals surface area contributed by atoms with Crippen molar-refractivity contribution >= 4 is 5.97 Å². The molecule has 0 amide bonds. The van der Waals surface area contributed by atoms with E-state index in [1.165, 1.54) is 0 Å². The van der Waals surface area contributed by atoms with E-state index in [2.05, 4.69) is 20.0 Å². The molecule has 7 nitrogen and oxygen atoms in total. The molecule has 2 aromatic heterocycles. The number of nitrogens with zero attached hydrogens (tertiary/aromatic N) is 4. The van der Waals surface area contributed by atoms with Crippen LogP contribution in [0.5, 0.6) is 0 Å². The molecule has 1 unspecified atom stereocenters. The topological polar surface area (TPSA) is 92.4 Å². The van der Waals surface area contributed by atoms with Gasteiger partial charge in [-0.3, -0.25) is 9.88 Å². The smallest absolute Gasteiger partial charge is 0.337 e. The highest BCUT2D eigenvalue weighted by Gasteiger charge is 2.32. The Bertz CT molecular complexity index is 698. The van der Waals surface area contributed by atoms with E-state index in [-0.39, 0.29) is 17.5 Å². The Kier molecular flexibility index (Phi) is 4.38. The number of likely N-dealkylation sites (tertiary alicyclic amines) is 1. The number of hydrogen-bond acceptors (Lipinski definition) is 6. The first-order valence-corrected chi connectivity index (χ1v) is 7.81. The van der Waals surface area contributed by atoms with Gasteiger partial charge in [-0.25, -0.2) is 4.79 Å². The van der Waals surface area contributed by atoms with Gasteiger partial charge in [0.1, 0.15) is 0 Å². The normalized spacial score (nSPS) is 18.7. The number of hydrogen-bond donors (Lipinski definition) is 1. The molecule has 0 aliphatic carbocycles. The molecule has 2 aromatic rings. The van der Waals surface area contributed by atoms with Gasteiger partial charge >= 0.3 is 5.97 Å². The summed E-state index contributed by atoms with van der Waals surface area (Å²) < 4.78 is 5.42. The second kappa shape index (κ2) is 6.45. The predicted octanol–water partition coefficient (Wildman–Crippen LogP) is 2.62. The van der Waals surface area contributed by atoms with E-state index in [1.54, 1.807) is 18.3 Å². The highest BCUT2D eigenvalue weighted by molar-refractivity contribution is 5.88. The van der Waals surface area contributed by atoms with E-state index in [0.717, 1.165) is 19.4 Å². The average molecular weight is 316 g/mol. The Labute approximate surface area is 134 Å². The lowest BCUT2D eigenvalue weighted by Gasteiger charge is -2.21. The molecule has 1 fully saturated rings. The molecule has 3 rings (SSSR count). The Morgan fingerprint density at radius 2 is 2.35 bits per heavy atom. The van der Waals surface area contributed by atoms with Gasteiger partial charge < -0.3 is 9.63 Å². The molecule has 0 radical (unpaired) electrons. The van der Waals surface area contributed by atoms with Crippen LogP contribution in [0.4, 0.5) is 0 Å². The largest absolute Gasteiger partial charge is 0.478 e. The minimum absolute atomic E-state index is 0.0265. The molecule has 122 valence electrons. The second-order valence-electron chi connectivity index (χ2n) is 6.08. The molecular weight excluding hydrogens is 296 g/mol. The highest BCUT2D eigenvalue weighted by atomic mass is 16.5. The fourth-order valence-corrected chi connectivity index (χ4v) is 2.86. The molecule has 1 atom stereocenters. The summed E-state index contributed by atoms with van der Waals surface area (Å²) in [5, 5.41) is 13.3. The zero-order chi connectivity index (χ0) is 16.4. The lowest BCUT2D eigenvalue weighted by molar-refractivity contribution is 0.0693. The number of carbonyl (C=O) groups is 1. The molecular formula is C16H20N4O3. The van der Waals surface area contributed by atoms with Gasteiger partial charge in [0.15, 0.2) is 5.82 Å². The van der Waals surface area contributed by atoms with E-state index in [9.17, 15) is 9.90 Å².